The van der Waals surface area contributed by atoms with Crippen molar-refractivity contribution in [2.24, 2.45) is 0 Å². The molecule has 3 aromatic rings. The third kappa shape index (κ3) is 3.24. The van der Waals surface area contributed by atoms with Crippen LogP contribution in [0.3, 0.4) is 0 Å². The van der Waals surface area contributed by atoms with Gasteiger partial charge < -0.3 is 14.8 Å². The molecule has 3 rings (SSSR count). The molecule has 0 saturated carbocycles. The van der Waals surface area contributed by atoms with Crippen molar-refractivity contribution in [3.8, 4) is 11.5 Å². The molecule has 0 aliphatic rings. The first-order chi connectivity index (χ1) is 11.6. The highest BCUT2D eigenvalue weighted by Gasteiger charge is 2.15. The Balaban J connectivity index is 1.80. The zero-order chi connectivity index (χ0) is 17.1. The van der Waals surface area contributed by atoms with E-state index in [1.54, 1.807) is 18.5 Å². The number of halogens is 2. The van der Waals surface area contributed by atoms with Crippen LogP contribution in [0.5, 0.6) is 11.5 Å². The van der Waals surface area contributed by atoms with Crippen LogP contribution in [-0.4, -0.2) is 34.2 Å². The van der Waals surface area contributed by atoms with E-state index in [1.807, 2.05) is 0 Å². The van der Waals surface area contributed by atoms with E-state index in [1.165, 1.54) is 35.9 Å². The van der Waals surface area contributed by atoms with Crippen molar-refractivity contribution in [3.05, 3.63) is 48.4 Å². The molecule has 24 heavy (non-hydrogen) atoms. The molecule has 0 aliphatic carbocycles. The van der Waals surface area contributed by atoms with Crippen LogP contribution < -0.4 is 14.8 Å². The largest absolute Gasteiger partial charge is 0.493 e. The Morgan fingerprint density at radius 2 is 2.12 bits per heavy atom. The summed E-state index contributed by atoms with van der Waals surface area (Å²) in [5, 5.41) is 6.70. The fourth-order valence-electron chi connectivity index (χ4n) is 2.07. The SMILES string of the molecule is COc1cc(NC(=O)c2cc3ncccn3n2)ccc1OC(F)F. The molecule has 0 aliphatic heterocycles. The lowest BCUT2D eigenvalue weighted by Crippen LogP contribution is -2.13. The van der Waals surface area contributed by atoms with Gasteiger partial charge >= 0.3 is 6.61 Å². The van der Waals surface area contributed by atoms with Gasteiger partial charge in [-0.05, 0) is 18.2 Å². The molecule has 0 fully saturated rings. The molecule has 0 saturated heterocycles. The standard InChI is InChI=1S/C15H12F2N4O3/c1-23-12-7-9(3-4-11(12)24-15(16)17)19-14(22)10-8-13-18-5-2-6-21(13)20-10/h2-8,15H,1H3,(H,19,22). The Morgan fingerprint density at radius 3 is 2.83 bits per heavy atom. The highest BCUT2D eigenvalue weighted by Crippen LogP contribution is 2.31. The van der Waals surface area contributed by atoms with Crippen LogP contribution in [0.25, 0.3) is 5.65 Å². The maximum atomic E-state index is 12.3. The molecule has 0 spiro atoms. The van der Waals surface area contributed by atoms with Gasteiger partial charge in [-0.3, -0.25) is 4.79 Å². The quantitative estimate of drug-likeness (QED) is 0.776. The Bertz CT molecular complexity index is 849. The Morgan fingerprint density at radius 1 is 1.29 bits per heavy atom. The fourth-order valence-corrected chi connectivity index (χ4v) is 2.07. The number of carbonyl (C=O) groups is 1. The number of nitrogens with one attached hydrogen (secondary N) is 1. The second kappa shape index (κ2) is 6.49. The minimum Gasteiger partial charge on any atom is -0.493 e. The molecule has 1 amide bonds. The summed E-state index contributed by atoms with van der Waals surface area (Å²) >= 11 is 0. The van der Waals surface area contributed by atoms with Crippen molar-refractivity contribution in [1.82, 2.24) is 14.6 Å². The number of carbonyl (C=O) groups excluding carboxylic acids is 1. The molecule has 1 aromatic carbocycles. The zero-order valence-corrected chi connectivity index (χ0v) is 12.4. The summed E-state index contributed by atoms with van der Waals surface area (Å²) in [6, 6.07) is 7.30. The van der Waals surface area contributed by atoms with Gasteiger partial charge in [0.25, 0.3) is 5.91 Å². The number of benzene rings is 1. The van der Waals surface area contributed by atoms with Crippen LogP contribution in [0.1, 0.15) is 10.5 Å². The summed E-state index contributed by atoms with van der Waals surface area (Å²) in [5.41, 5.74) is 1.05. The smallest absolute Gasteiger partial charge is 0.387 e. The summed E-state index contributed by atoms with van der Waals surface area (Å²) in [4.78, 5) is 16.3. The van der Waals surface area contributed by atoms with Crippen molar-refractivity contribution < 1.29 is 23.0 Å². The number of amides is 1. The van der Waals surface area contributed by atoms with Crippen LogP contribution in [-0.2, 0) is 0 Å². The number of fused-ring (bicyclic) bond motifs is 1. The molecule has 0 unspecified atom stereocenters. The minimum absolute atomic E-state index is 0.0739. The van der Waals surface area contributed by atoms with Crippen LogP contribution in [0, 0.1) is 0 Å². The number of aromatic nitrogens is 3. The van der Waals surface area contributed by atoms with Crippen LogP contribution in [0.15, 0.2) is 42.7 Å². The molecular formula is C15H12F2N4O3. The molecule has 1 N–H and O–H groups in total. The van der Waals surface area contributed by atoms with Gasteiger partial charge in [0.1, 0.15) is 0 Å². The van der Waals surface area contributed by atoms with E-state index in [9.17, 15) is 13.6 Å². The van der Waals surface area contributed by atoms with Crippen molar-refractivity contribution in [2.45, 2.75) is 6.61 Å². The monoisotopic (exact) mass is 334 g/mol. The van der Waals surface area contributed by atoms with E-state index in [-0.39, 0.29) is 17.2 Å². The highest BCUT2D eigenvalue weighted by atomic mass is 19.3. The molecule has 9 heteroatoms. The highest BCUT2D eigenvalue weighted by molar-refractivity contribution is 6.03. The number of alkyl halides is 2. The van der Waals surface area contributed by atoms with E-state index in [0.29, 0.717) is 11.3 Å². The van der Waals surface area contributed by atoms with Crippen molar-refractivity contribution >= 4 is 17.2 Å². The molecule has 0 radical (unpaired) electrons. The average Bonchev–Trinajstić information content (AvgIpc) is 3.00. The maximum absolute atomic E-state index is 12.3. The van der Waals surface area contributed by atoms with E-state index < -0.39 is 12.5 Å². The number of methoxy groups -OCH3 is 1. The number of hydrogen-bond donors (Lipinski definition) is 1. The molecule has 2 heterocycles. The topological polar surface area (TPSA) is 77.8 Å². The van der Waals surface area contributed by atoms with Gasteiger partial charge in [0, 0.05) is 30.2 Å². The predicted molar refractivity (Wildman–Crippen MR) is 80.6 cm³/mol. The van der Waals surface area contributed by atoms with Crippen molar-refractivity contribution in [1.29, 1.82) is 0 Å². The fraction of sp³-hybridized carbons (Fsp3) is 0.133. The lowest BCUT2D eigenvalue weighted by Gasteiger charge is -2.11. The summed E-state index contributed by atoms with van der Waals surface area (Å²) in [6.07, 6.45) is 3.25. The van der Waals surface area contributed by atoms with Gasteiger partial charge in [-0.2, -0.15) is 13.9 Å². The second-order valence-corrected chi connectivity index (χ2v) is 4.65. The number of hydrogen-bond acceptors (Lipinski definition) is 5. The normalized spacial score (nSPS) is 10.8. The third-order valence-electron chi connectivity index (χ3n) is 3.11. The number of nitrogens with zero attached hydrogens (tertiary/aromatic N) is 3. The summed E-state index contributed by atoms with van der Waals surface area (Å²) in [5.74, 6) is -0.516. The lowest BCUT2D eigenvalue weighted by molar-refractivity contribution is -0.0512. The van der Waals surface area contributed by atoms with E-state index in [2.05, 4.69) is 20.1 Å². The Kier molecular flexibility index (Phi) is 4.23. The number of rotatable bonds is 5. The maximum Gasteiger partial charge on any atom is 0.387 e. The first-order valence-corrected chi connectivity index (χ1v) is 6.81. The van der Waals surface area contributed by atoms with Gasteiger partial charge in [-0.15, -0.1) is 0 Å². The Hall–Kier alpha value is -3.23. The lowest BCUT2D eigenvalue weighted by atomic mass is 10.2. The zero-order valence-electron chi connectivity index (χ0n) is 12.4. The molecule has 0 atom stereocenters. The van der Waals surface area contributed by atoms with Gasteiger partial charge in [0.2, 0.25) is 0 Å². The molecular weight excluding hydrogens is 322 g/mol. The summed E-state index contributed by atoms with van der Waals surface area (Å²) < 4.78 is 35.4. The van der Waals surface area contributed by atoms with Crippen LogP contribution in [0.4, 0.5) is 14.5 Å². The number of ether oxygens (including phenoxy) is 2. The van der Waals surface area contributed by atoms with Crippen LogP contribution in [0.2, 0.25) is 0 Å². The summed E-state index contributed by atoms with van der Waals surface area (Å²) in [7, 11) is 1.31. The minimum atomic E-state index is -2.97. The third-order valence-corrected chi connectivity index (χ3v) is 3.11. The predicted octanol–water partition coefficient (Wildman–Crippen LogP) is 2.59. The van der Waals surface area contributed by atoms with Crippen molar-refractivity contribution in [2.75, 3.05) is 12.4 Å². The van der Waals surface area contributed by atoms with E-state index >= 15 is 0 Å². The Labute approximate surface area is 134 Å². The summed E-state index contributed by atoms with van der Waals surface area (Å²) in [6.45, 7) is -2.97. The number of anilines is 1. The van der Waals surface area contributed by atoms with Gasteiger partial charge in [0.05, 0.1) is 7.11 Å². The molecule has 7 nitrogen and oxygen atoms in total. The van der Waals surface area contributed by atoms with Crippen molar-refractivity contribution in [3.63, 3.8) is 0 Å². The van der Waals surface area contributed by atoms with Crippen LogP contribution >= 0.6 is 0 Å². The second-order valence-electron chi connectivity index (χ2n) is 4.65. The van der Waals surface area contributed by atoms with Gasteiger partial charge in [0.15, 0.2) is 22.8 Å². The van der Waals surface area contributed by atoms with E-state index in [4.69, 9.17) is 4.74 Å². The van der Waals surface area contributed by atoms with Gasteiger partial charge in [-0.1, -0.05) is 0 Å². The molecule has 124 valence electrons. The van der Waals surface area contributed by atoms with Gasteiger partial charge in [-0.25, -0.2) is 9.50 Å². The molecule has 2 aromatic heterocycles. The average molecular weight is 334 g/mol. The molecule has 0 bridgehead atoms. The first-order valence-electron chi connectivity index (χ1n) is 6.81. The van der Waals surface area contributed by atoms with E-state index in [0.717, 1.165) is 0 Å². The first kappa shape index (κ1) is 15.7.